The highest BCUT2D eigenvalue weighted by molar-refractivity contribution is 7.92. The zero-order valence-electron chi connectivity index (χ0n) is 16.6. The number of hydrogen-bond donors (Lipinski definition) is 2. The minimum absolute atomic E-state index is 0.0858. The van der Waals surface area contributed by atoms with Gasteiger partial charge in [-0.25, -0.2) is 8.42 Å². The maximum absolute atomic E-state index is 12.5. The number of carbonyl (C=O) groups is 1. The van der Waals surface area contributed by atoms with Gasteiger partial charge in [0.05, 0.1) is 4.90 Å². The number of benzene rings is 3. The summed E-state index contributed by atoms with van der Waals surface area (Å²) in [7, 11) is -3.73. The molecule has 0 unspecified atom stereocenters. The normalized spacial score (nSPS) is 12.3. The zero-order chi connectivity index (χ0) is 21.8. The lowest BCUT2D eigenvalue weighted by molar-refractivity contribution is -0.118. The third-order valence-corrected chi connectivity index (χ3v) is 5.86. The fourth-order valence-electron chi connectivity index (χ4n) is 2.87. The third kappa shape index (κ3) is 5.07. The smallest absolute Gasteiger partial charge is 0.262 e. The Balaban J connectivity index is 1.33. The first kappa shape index (κ1) is 20.5. The number of carbonyl (C=O) groups excluding carboxylic acids is 1. The Morgan fingerprint density at radius 2 is 1.61 bits per heavy atom. The number of nitrogens with one attached hydrogen (secondary N) is 2. The second-order valence-corrected chi connectivity index (χ2v) is 8.53. The van der Waals surface area contributed by atoms with Gasteiger partial charge in [-0.3, -0.25) is 9.52 Å². The lowest BCUT2D eigenvalue weighted by atomic mass is 10.2. The molecule has 0 atom stereocenters. The van der Waals surface area contributed by atoms with Crippen molar-refractivity contribution < 1.29 is 27.4 Å². The number of anilines is 2. The highest BCUT2D eigenvalue weighted by Gasteiger charge is 2.16. The quantitative estimate of drug-likeness (QED) is 0.583. The summed E-state index contributed by atoms with van der Waals surface area (Å²) in [6.07, 6.45) is 0. The molecule has 0 saturated heterocycles. The van der Waals surface area contributed by atoms with Gasteiger partial charge >= 0.3 is 0 Å². The van der Waals surface area contributed by atoms with Crippen LogP contribution in [0.2, 0.25) is 0 Å². The van der Waals surface area contributed by atoms with Crippen molar-refractivity contribution >= 4 is 27.3 Å². The summed E-state index contributed by atoms with van der Waals surface area (Å²) < 4.78 is 43.5. The average Bonchev–Trinajstić information content (AvgIpc) is 3.22. The molecule has 31 heavy (non-hydrogen) atoms. The van der Waals surface area contributed by atoms with Crippen LogP contribution in [-0.2, 0) is 14.8 Å². The molecule has 3 aromatic rings. The molecule has 8 nitrogen and oxygen atoms in total. The number of amides is 1. The van der Waals surface area contributed by atoms with Gasteiger partial charge in [0.2, 0.25) is 6.79 Å². The molecule has 0 radical (unpaired) electrons. The van der Waals surface area contributed by atoms with Gasteiger partial charge in [-0.15, -0.1) is 0 Å². The van der Waals surface area contributed by atoms with Gasteiger partial charge in [-0.1, -0.05) is 17.7 Å². The van der Waals surface area contributed by atoms with E-state index in [9.17, 15) is 13.2 Å². The molecule has 0 aromatic heterocycles. The van der Waals surface area contributed by atoms with Gasteiger partial charge in [0.15, 0.2) is 18.1 Å². The molecular formula is C22H20N2O6S. The van der Waals surface area contributed by atoms with Crippen LogP contribution in [0.5, 0.6) is 17.2 Å². The Bertz CT molecular complexity index is 1190. The van der Waals surface area contributed by atoms with E-state index >= 15 is 0 Å². The molecule has 0 saturated carbocycles. The van der Waals surface area contributed by atoms with Gasteiger partial charge in [0, 0.05) is 17.4 Å². The Labute approximate surface area is 179 Å². The molecule has 0 fully saturated rings. The zero-order valence-corrected chi connectivity index (χ0v) is 17.4. The van der Waals surface area contributed by atoms with E-state index < -0.39 is 10.0 Å². The number of fused-ring (bicyclic) bond motifs is 1. The molecule has 2 N–H and O–H groups in total. The third-order valence-electron chi connectivity index (χ3n) is 4.47. The molecule has 0 bridgehead atoms. The topological polar surface area (TPSA) is 103 Å². The molecular weight excluding hydrogens is 420 g/mol. The Morgan fingerprint density at radius 3 is 2.35 bits per heavy atom. The standard InChI is InChI=1S/C22H20N2O6S/c1-15-2-4-17(5-3-15)24-31(26,27)19-9-6-16(7-10-19)23-22(25)13-28-18-8-11-20-21(12-18)30-14-29-20/h2-12,24H,13-14H2,1H3,(H,23,25). The Morgan fingerprint density at radius 1 is 0.935 bits per heavy atom. The molecule has 3 aromatic carbocycles. The average molecular weight is 440 g/mol. The van der Waals surface area contributed by atoms with Crippen LogP contribution in [0.3, 0.4) is 0 Å². The lowest BCUT2D eigenvalue weighted by Crippen LogP contribution is -2.20. The van der Waals surface area contributed by atoms with Crippen LogP contribution < -0.4 is 24.2 Å². The van der Waals surface area contributed by atoms with Crippen molar-refractivity contribution in [2.75, 3.05) is 23.4 Å². The summed E-state index contributed by atoms with van der Waals surface area (Å²) in [5, 5.41) is 2.66. The van der Waals surface area contributed by atoms with E-state index in [1.54, 1.807) is 30.3 Å². The molecule has 4 rings (SSSR count). The van der Waals surface area contributed by atoms with Crippen molar-refractivity contribution in [3.8, 4) is 17.2 Å². The molecule has 1 aliphatic heterocycles. The number of ether oxygens (including phenoxy) is 3. The maximum Gasteiger partial charge on any atom is 0.262 e. The van der Waals surface area contributed by atoms with Crippen LogP contribution >= 0.6 is 0 Å². The van der Waals surface area contributed by atoms with E-state index in [1.165, 1.54) is 24.3 Å². The lowest BCUT2D eigenvalue weighted by Gasteiger charge is -2.10. The highest BCUT2D eigenvalue weighted by atomic mass is 32.2. The first-order chi connectivity index (χ1) is 14.9. The molecule has 1 amide bonds. The second-order valence-electron chi connectivity index (χ2n) is 6.85. The Kier molecular flexibility index (Phi) is 5.68. The number of rotatable bonds is 7. The summed E-state index contributed by atoms with van der Waals surface area (Å²) in [4.78, 5) is 12.2. The monoisotopic (exact) mass is 440 g/mol. The fraction of sp³-hybridized carbons (Fsp3) is 0.136. The molecule has 1 heterocycles. The molecule has 160 valence electrons. The summed E-state index contributed by atoms with van der Waals surface area (Å²) in [5.74, 6) is 1.28. The van der Waals surface area contributed by atoms with Gasteiger partial charge in [-0.05, 0) is 55.5 Å². The van der Waals surface area contributed by atoms with Crippen molar-refractivity contribution in [2.24, 2.45) is 0 Å². The van der Waals surface area contributed by atoms with E-state index in [-0.39, 0.29) is 24.2 Å². The first-order valence-electron chi connectivity index (χ1n) is 9.41. The Hall–Kier alpha value is -3.72. The van der Waals surface area contributed by atoms with Crippen molar-refractivity contribution in [3.63, 3.8) is 0 Å². The van der Waals surface area contributed by atoms with Crippen molar-refractivity contribution in [1.29, 1.82) is 0 Å². The minimum atomic E-state index is -3.73. The van der Waals surface area contributed by atoms with E-state index in [2.05, 4.69) is 10.0 Å². The SMILES string of the molecule is Cc1ccc(NS(=O)(=O)c2ccc(NC(=O)COc3ccc4c(c3)OCO4)cc2)cc1. The van der Waals surface area contributed by atoms with Crippen LogP contribution in [-0.4, -0.2) is 27.7 Å². The summed E-state index contributed by atoms with van der Waals surface area (Å²) >= 11 is 0. The molecule has 1 aliphatic rings. The summed E-state index contributed by atoms with van der Waals surface area (Å²) in [6, 6.07) is 17.9. The van der Waals surface area contributed by atoms with Crippen LogP contribution in [0.4, 0.5) is 11.4 Å². The van der Waals surface area contributed by atoms with Gasteiger partial charge in [0.1, 0.15) is 5.75 Å². The predicted molar refractivity (Wildman–Crippen MR) is 115 cm³/mol. The van der Waals surface area contributed by atoms with E-state index in [1.807, 2.05) is 19.1 Å². The summed E-state index contributed by atoms with van der Waals surface area (Å²) in [6.45, 7) is 1.87. The minimum Gasteiger partial charge on any atom is -0.484 e. The van der Waals surface area contributed by atoms with Crippen molar-refractivity contribution in [2.45, 2.75) is 11.8 Å². The largest absolute Gasteiger partial charge is 0.484 e. The van der Waals surface area contributed by atoms with Gasteiger partial charge < -0.3 is 19.5 Å². The van der Waals surface area contributed by atoms with Crippen LogP contribution in [0.15, 0.2) is 71.6 Å². The van der Waals surface area contributed by atoms with Crippen LogP contribution in [0.1, 0.15) is 5.56 Å². The van der Waals surface area contributed by atoms with Gasteiger partial charge in [-0.2, -0.15) is 0 Å². The first-order valence-corrected chi connectivity index (χ1v) is 10.9. The van der Waals surface area contributed by atoms with Crippen LogP contribution in [0.25, 0.3) is 0 Å². The number of aryl methyl sites for hydroxylation is 1. The number of sulfonamides is 1. The van der Waals surface area contributed by atoms with E-state index in [0.29, 0.717) is 28.6 Å². The predicted octanol–water partition coefficient (Wildman–Crippen LogP) is 3.54. The maximum atomic E-state index is 12.5. The summed E-state index contributed by atoms with van der Waals surface area (Å²) in [5.41, 5.74) is 1.96. The molecule has 9 heteroatoms. The molecule has 0 aliphatic carbocycles. The van der Waals surface area contributed by atoms with E-state index in [4.69, 9.17) is 14.2 Å². The van der Waals surface area contributed by atoms with Crippen LogP contribution in [0, 0.1) is 6.92 Å². The van der Waals surface area contributed by atoms with Gasteiger partial charge in [0.25, 0.3) is 15.9 Å². The second kappa shape index (κ2) is 8.57. The van der Waals surface area contributed by atoms with E-state index in [0.717, 1.165) is 5.56 Å². The van der Waals surface area contributed by atoms with Crippen molar-refractivity contribution in [3.05, 3.63) is 72.3 Å². The number of hydrogen-bond acceptors (Lipinski definition) is 6. The van der Waals surface area contributed by atoms with Crippen molar-refractivity contribution in [1.82, 2.24) is 0 Å². The fourth-order valence-corrected chi connectivity index (χ4v) is 3.92. The molecule has 0 spiro atoms. The highest BCUT2D eigenvalue weighted by Crippen LogP contribution is 2.35.